The van der Waals surface area contributed by atoms with Gasteiger partial charge in [-0.2, -0.15) is 0 Å². The van der Waals surface area contributed by atoms with E-state index in [4.69, 9.17) is 5.11 Å². The molecule has 0 aromatic heterocycles. The first-order valence-electron chi connectivity index (χ1n) is 6.14. The molecule has 0 saturated heterocycles. The van der Waals surface area contributed by atoms with Gasteiger partial charge >= 0.3 is 5.97 Å². The molecule has 0 bridgehead atoms. The minimum atomic E-state index is -0.869. The van der Waals surface area contributed by atoms with Crippen LogP contribution in [0.15, 0.2) is 35.5 Å². The first-order chi connectivity index (χ1) is 8.32. The van der Waals surface area contributed by atoms with Gasteiger partial charge in [0.15, 0.2) is 5.78 Å². The summed E-state index contributed by atoms with van der Waals surface area (Å²) >= 11 is 0. The van der Waals surface area contributed by atoms with E-state index in [1.54, 1.807) is 19.1 Å². The summed E-state index contributed by atoms with van der Waals surface area (Å²) in [4.78, 5) is 22.8. The SMILES string of the molecule is CC1=CCCC(C(=O)O)=CCC(C)(C)C=CC1=O. The first-order valence-corrected chi connectivity index (χ1v) is 6.14. The standard InChI is InChI=1S/C15H20O3/c1-11-5-4-6-12(14(17)18)7-9-15(2,3)10-8-13(11)16/h5,7-8,10H,4,6,9H2,1-3H3,(H,17,18). The van der Waals surface area contributed by atoms with E-state index >= 15 is 0 Å². The fraction of sp³-hybridized carbons (Fsp3) is 0.467. The quantitative estimate of drug-likeness (QED) is 0.774. The van der Waals surface area contributed by atoms with Crippen molar-refractivity contribution in [2.75, 3.05) is 0 Å². The molecule has 0 unspecified atom stereocenters. The molecule has 18 heavy (non-hydrogen) atoms. The average Bonchev–Trinajstić information content (AvgIpc) is 2.30. The summed E-state index contributed by atoms with van der Waals surface area (Å²) < 4.78 is 0. The van der Waals surface area contributed by atoms with Crippen molar-refractivity contribution < 1.29 is 14.7 Å². The van der Waals surface area contributed by atoms with E-state index in [1.165, 1.54) is 0 Å². The molecule has 0 aromatic carbocycles. The monoisotopic (exact) mass is 248 g/mol. The lowest BCUT2D eigenvalue weighted by molar-refractivity contribution is -0.132. The van der Waals surface area contributed by atoms with Gasteiger partial charge in [-0.15, -0.1) is 0 Å². The van der Waals surface area contributed by atoms with Gasteiger partial charge in [0.05, 0.1) is 0 Å². The normalized spacial score (nSPS) is 20.7. The van der Waals surface area contributed by atoms with Crippen LogP contribution in [0.4, 0.5) is 0 Å². The van der Waals surface area contributed by atoms with Crippen LogP contribution in [-0.4, -0.2) is 16.9 Å². The average molecular weight is 248 g/mol. The van der Waals surface area contributed by atoms with Gasteiger partial charge in [0, 0.05) is 5.57 Å². The molecular formula is C15H20O3. The fourth-order valence-electron chi connectivity index (χ4n) is 1.73. The molecule has 98 valence electrons. The third-order valence-corrected chi connectivity index (χ3v) is 3.09. The number of carboxylic acid groups (broad SMARTS) is 1. The predicted octanol–water partition coefficient (Wildman–Crippen LogP) is 3.28. The smallest absolute Gasteiger partial charge is 0.331 e. The van der Waals surface area contributed by atoms with Gasteiger partial charge in [0.2, 0.25) is 0 Å². The number of hydrogen-bond acceptors (Lipinski definition) is 2. The van der Waals surface area contributed by atoms with E-state index in [0.717, 1.165) is 0 Å². The molecule has 0 amide bonds. The van der Waals surface area contributed by atoms with Crippen LogP contribution in [-0.2, 0) is 9.59 Å². The van der Waals surface area contributed by atoms with Gasteiger partial charge in [-0.05, 0) is 43.3 Å². The van der Waals surface area contributed by atoms with Crippen molar-refractivity contribution in [1.29, 1.82) is 0 Å². The van der Waals surface area contributed by atoms with Crippen LogP contribution in [0.1, 0.15) is 40.0 Å². The van der Waals surface area contributed by atoms with Gasteiger partial charge in [-0.25, -0.2) is 4.79 Å². The lowest BCUT2D eigenvalue weighted by Crippen LogP contribution is -2.08. The number of carbonyl (C=O) groups excluding carboxylic acids is 1. The van der Waals surface area contributed by atoms with Crippen molar-refractivity contribution in [1.82, 2.24) is 0 Å². The van der Waals surface area contributed by atoms with Crippen LogP contribution >= 0.6 is 0 Å². The highest BCUT2D eigenvalue weighted by Crippen LogP contribution is 2.25. The van der Waals surface area contributed by atoms with Crippen molar-refractivity contribution >= 4 is 11.8 Å². The van der Waals surface area contributed by atoms with E-state index < -0.39 is 5.97 Å². The summed E-state index contributed by atoms with van der Waals surface area (Å²) in [5, 5.41) is 9.10. The maximum Gasteiger partial charge on any atom is 0.331 e. The number of rotatable bonds is 1. The Bertz CT molecular complexity index is 437. The lowest BCUT2D eigenvalue weighted by Gasteiger charge is -2.17. The maximum absolute atomic E-state index is 11.8. The van der Waals surface area contributed by atoms with E-state index in [1.807, 2.05) is 26.0 Å². The van der Waals surface area contributed by atoms with Gasteiger partial charge in [0.25, 0.3) is 0 Å². The van der Waals surface area contributed by atoms with Crippen molar-refractivity contribution in [2.45, 2.75) is 40.0 Å². The van der Waals surface area contributed by atoms with Gasteiger partial charge in [0.1, 0.15) is 0 Å². The zero-order chi connectivity index (χ0) is 13.8. The number of allylic oxidation sites excluding steroid dienone is 5. The molecular weight excluding hydrogens is 228 g/mol. The first kappa shape index (κ1) is 14.4. The van der Waals surface area contributed by atoms with Crippen molar-refractivity contribution in [2.24, 2.45) is 5.41 Å². The van der Waals surface area contributed by atoms with Crippen molar-refractivity contribution in [3.05, 3.63) is 35.5 Å². The molecule has 0 heterocycles. The Hall–Kier alpha value is -1.64. The van der Waals surface area contributed by atoms with Crippen LogP contribution in [0.2, 0.25) is 0 Å². The second-order valence-electron chi connectivity index (χ2n) is 5.35. The molecule has 1 aliphatic rings. The summed E-state index contributed by atoms with van der Waals surface area (Å²) in [7, 11) is 0. The zero-order valence-corrected chi connectivity index (χ0v) is 11.2. The van der Waals surface area contributed by atoms with E-state index in [-0.39, 0.29) is 11.2 Å². The summed E-state index contributed by atoms with van der Waals surface area (Å²) in [6, 6.07) is 0. The zero-order valence-electron chi connectivity index (χ0n) is 11.2. The second-order valence-corrected chi connectivity index (χ2v) is 5.35. The van der Waals surface area contributed by atoms with Gasteiger partial charge in [-0.3, -0.25) is 4.79 Å². The molecule has 0 atom stereocenters. The topological polar surface area (TPSA) is 54.4 Å². The molecule has 0 saturated carbocycles. The minimum absolute atomic E-state index is 0.00171. The number of ketones is 1. The van der Waals surface area contributed by atoms with Crippen LogP contribution in [0, 0.1) is 5.41 Å². The summed E-state index contributed by atoms with van der Waals surface area (Å²) in [6.45, 7) is 5.75. The summed E-state index contributed by atoms with van der Waals surface area (Å²) in [5.74, 6) is -0.867. The maximum atomic E-state index is 11.8. The molecule has 3 heteroatoms. The third kappa shape index (κ3) is 4.32. The number of aliphatic carboxylic acids is 1. The Morgan fingerprint density at radius 2 is 2.00 bits per heavy atom. The van der Waals surface area contributed by atoms with E-state index in [2.05, 4.69) is 0 Å². The molecule has 0 radical (unpaired) electrons. The molecule has 0 fully saturated rings. The molecule has 1 rings (SSSR count). The third-order valence-electron chi connectivity index (χ3n) is 3.09. The molecule has 0 aromatic rings. The summed E-state index contributed by atoms with van der Waals surface area (Å²) in [5.41, 5.74) is 0.893. The van der Waals surface area contributed by atoms with Crippen molar-refractivity contribution in [3.63, 3.8) is 0 Å². The van der Waals surface area contributed by atoms with E-state index in [9.17, 15) is 9.59 Å². The molecule has 3 nitrogen and oxygen atoms in total. The minimum Gasteiger partial charge on any atom is -0.478 e. The van der Waals surface area contributed by atoms with Gasteiger partial charge in [-0.1, -0.05) is 32.1 Å². The van der Waals surface area contributed by atoms with Crippen molar-refractivity contribution in [3.8, 4) is 0 Å². The molecule has 1 N–H and O–H groups in total. The largest absolute Gasteiger partial charge is 0.478 e. The Morgan fingerprint density at radius 3 is 2.61 bits per heavy atom. The van der Waals surface area contributed by atoms with E-state index in [0.29, 0.717) is 30.4 Å². The number of carboxylic acids is 1. The van der Waals surface area contributed by atoms with Crippen LogP contribution in [0.25, 0.3) is 0 Å². The predicted molar refractivity (Wildman–Crippen MR) is 71.3 cm³/mol. The Kier molecular flexibility index (Phi) is 4.65. The molecule has 0 aliphatic heterocycles. The lowest BCUT2D eigenvalue weighted by atomic mass is 9.87. The highest BCUT2D eigenvalue weighted by Gasteiger charge is 2.16. The van der Waals surface area contributed by atoms with Crippen LogP contribution in [0.3, 0.4) is 0 Å². The molecule has 1 aliphatic carbocycles. The number of hydrogen-bond donors (Lipinski definition) is 1. The Labute approximate surface area is 108 Å². The highest BCUT2D eigenvalue weighted by atomic mass is 16.4. The van der Waals surface area contributed by atoms with Crippen LogP contribution in [0.5, 0.6) is 0 Å². The Morgan fingerprint density at radius 1 is 1.33 bits per heavy atom. The van der Waals surface area contributed by atoms with Crippen LogP contribution < -0.4 is 0 Å². The summed E-state index contributed by atoms with van der Waals surface area (Å²) in [6.07, 6.45) is 8.70. The highest BCUT2D eigenvalue weighted by molar-refractivity contribution is 6.03. The van der Waals surface area contributed by atoms with Gasteiger partial charge < -0.3 is 5.11 Å². The molecule has 0 spiro atoms. The Balaban J connectivity index is 3.05. The second kappa shape index (κ2) is 5.80. The fourth-order valence-corrected chi connectivity index (χ4v) is 1.73. The number of carbonyl (C=O) groups is 2.